The van der Waals surface area contributed by atoms with Crippen LogP contribution in [0.15, 0.2) is 48.5 Å². The number of halogens is 2. The van der Waals surface area contributed by atoms with E-state index < -0.39 is 0 Å². The number of nitrogens with two attached hydrogens (primary N) is 2. The van der Waals surface area contributed by atoms with Crippen molar-refractivity contribution in [1.29, 1.82) is 0 Å². The minimum atomic E-state index is -0.287. The first-order chi connectivity index (χ1) is 7.58. The summed E-state index contributed by atoms with van der Waals surface area (Å²) in [6, 6.07) is 11.7. The van der Waals surface area contributed by atoms with E-state index in [4.69, 9.17) is 11.5 Å². The monoisotopic (exact) mass is 222 g/mol. The van der Waals surface area contributed by atoms with E-state index in [0.717, 1.165) is 0 Å². The van der Waals surface area contributed by atoms with E-state index in [0.29, 0.717) is 11.4 Å². The fourth-order valence-electron chi connectivity index (χ4n) is 1.01. The average Bonchev–Trinajstić information content (AvgIpc) is 2.17. The molecule has 0 fully saturated rings. The lowest BCUT2D eigenvalue weighted by Gasteiger charge is -1.88. The Kier molecular flexibility index (Phi) is 4.27. The first-order valence-corrected chi connectivity index (χ1v) is 4.60. The predicted molar refractivity (Wildman–Crippen MR) is 61.6 cm³/mol. The quantitative estimate of drug-likeness (QED) is 0.673. The molecule has 16 heavy (non-hydrogen) atoms. The first kappa shape index (κ1) is 12.0. The molecular formula is C12H12F2N2. The number of rotatable bonds is 0. The van der Waals surface area contributed by atoms with Crippen LogP contribution in [0.25, 0.3) is 0 Å². The van der Waals surface area contributed by atoms with E-state index in [1.54, 1.807) is 24.3 Å². The van der Waals surface area contributed by atoms with Crippen molar-refractivity contribution in [3.8, 4) is 0 Å². The van der Waals surface area contributed by atoms with Crippen molar-refractivity contribution in [2.75, 3.05) is 11.5 Å². The Morgan fingerprint density at radius 1 is 0.688 bits per heavy atom. The second kappa shape index (κ2) is 5.70. The molecule has 0 unspecified atom stereocenters. The van der Waals surface area contributed by atoms with Gasteiger partial charge < -0.3 is 11.5 Å². The molecule has 4 N–H and O–H groups in total. The maximum Gasteiger partial charge on any atom is 0.125 e. The van der Waals surface area contributed by atoms with Gasteiger partial charge in [0.05, 0.1) is 0 Å². The van der Waals surface area contributed by atoms with Crippen LogP contribution >= 0.6 is 0 Å². The summed E-state index contributed by atoms with van der Waals surface area (Å²) in [6.45, 7) is 0. The summed E-state index contributed by atoms with van der Waals surface area (Å²) in [4.78, 5) is 0. The molecule has 2 nitrogen and oxygen atoms in total. The number of hydrogen-bond donors (Lipinski definition) is 2. The zero-order valence-corrected chi connectivity index (χ0v) is 8.53. The molecule has 4 heteroatoms. The summed E-state index contributed by atoms with van der Waals surface area (Å²) >= 11 is 0. The van der Waals surface area contributed by atoms with Crippen LogP contribution in [0.1, 0.15) is 0 Å². The van der Waals surface area contributed by atoms with Crippen LogP contribution in [-0.2, 0) is 0 Å². The smallest absolute Gasteiger partial charge is 0.125 e. The van der Waals surface area contributed by atoms with Crippen LogP contribution in [0.3, 0.4) is 0 Å². The van der Waals surface area contributed by atoms with Gasteiger partial charge in [0.1, 0.15) is 11.6 Å². The largest absolute Gasteiger partial charge is 0.399 e. The Hall–Kier alpha value is -2.10. The molecule has 84 valence electrons. The van der Waals surface area contributed by atoms with E-state index >= 15 is 0 Å². The lowest BCUT2D eigenvalue weighted by Crippen LogP contribution is -1.83. The first-order valence-electron chi connectivity index (χ1n) is 4.60. The number of hydrogen-bond acceptors (Lipinski definition) is 2. The van der Waals surface area contributed by atoms with Crippen molar-refractivity contribution in [1.82, 2.24) is 0 Å². The van der Waals surface area contributed by atoms with Crippen molar-refractivity contribution in [2.45, 2.75) is 0 Å². The molecule has 0 saturated carbocycles. The van der Waals surface area contributed by atoms with Crippen molar-refractivity contribution >= 4 is 11.4 Å². The third kappa shape index (κ3) is 4.41. The second-order valence-electron chi connectivity index (χ2n) is 3.11. The minimum absolute atomic E-state index is 0.287. The van der Waals surface area contributed by atoms with Crippen LogP contribution in [0.5, 0.6) is 0 Å². The Labute approximate surface area is 92.5 Å². The molecule has 0 bridgehead atoms. The molecule has 0 amide bonds. The normalized spacial score (nSPS) is 9.12. The van der Waals surface area contributed by atoms with E-state index in [2.05, 4.69) is 0 Å². The Bertz CT molecular complexity index is 380. The third-order valence-electron chi connectivity index (χ3n) is 1.70. The number of nitrogen functional groups attached to an aromatic ring is 2. The maximum atomic E-state index is 12.1. The Balaban J connectivity index is 0.000000160. The molecule has 2 aromatic carbocycles. The minimum Gasteiger partial charge on any atom is -0.399 e. The Morgan fingerprint density at radius 3 is 1.25 bits per heavy atom. The van der Waals surface area contributed by atoms with Gasteiger partial charge in [-0.3, -0.25) is 0 Å². The van der Waals surface area contributed by atoms with Gasteiger partial charge in [0.2, 0.25) is 0 Å². The summed E-state index contributed by atoms with van der Waals surface area (Å²) < 4.78 is 24.2. The van der Waals surface area contributed by atoms with Gasteiger partial charge in [-0.1, -0.05) is 12.1 Å². The van der Waals surface area contributed by atoms with Gasteiger partial charge in [-0.05, 0) is 36.4 Å². The Morgan fingerprint density at radius 2 is 1.06 bits per heavy atom. The average molecular weight is 222 g/mol. The van der Waals surface area contributed by atoms with Crippen molar-refractivity contribution < 1.29 is 8.78 Å². The van der Waals surface area contributed by atoms with E-state index in [-0.39, 0.29) is 11.6 Å². The molecule has 0 spiro atoms. The third-order valence-corrected chi connectivity index (χ3v) is 1.70. The fourth-order valence-corrected chi connectivity index (χ4v) is 1.01. The van der Waals surface area contributed by atoms with Gasteiger partial charge in [-0.2, -0.15) is 0 Å². The summed E-state index contributed by atoms with van der Waals surface area (Å²) in [5.41, 5.74) is 11.4. The SMILES string of the molecule is Nc1cccc(F)c1.Nc1cccc(F)c1. The van der Waals surface area contributed by atoms with Gasteiger partial charge in [-0.25, -0.2) is 8.78 Å². The zero-order chi connectivity index (χ0) is 12.0. The highest BCUT2D eigenvalue weighted by Gasteiger charge is 1.85. The van der Waals surface area contributed by atoms with E-state index in [1.807, 2.05) is 0 Å². The standard InChI is InChI=1S/2C6H6FN/c2*7-5-2-1-3-6(8)4-5/h2*1-4H,8H2. The fraction of sp³-hybridized carbons (Fsp3) is 0. The van der Waals surface area contributed by atoms with Gasteiger partial charge >= 0.3 is 0 Å². The van der Waals surface area contributed by atoms with Crippen LogP contribution in [0.4, 0.5) is 20.2 Å². The van der Waals surface area contributed by atoms with E-state index in [9.17, 15) is 8.78 Å². The van der Waals surface area contributed by atoms with E-state index in [1.165, 1.54) is 24.3 Å². The number of anilines is 2. The van der Waals surface area contributed by atoms with Crippen LogP contribution in [0, 0.1) is 11.6 Å². The van der Waals surface area contributed by atoms with Gasteiger partial charge in [0, 0.05) is 11.4 Å². The highest BCUT2D eigenvalue weighted by molar-refractivity contribution is 5.37. The zero-order valence-electron chi connectivity index (χ0n) is 8.53. The summed E-state index contributed by atoms with van der Waals surface area (Å²) in [6.07, 6.45) is 0. The second-order valence-corrected chi connectivity index (χ2v) is 3.11. The highest BCUT2D eigenvalue weighted by atomic mass is 19.1. The lowest BCUT2D eigenvalue weighted by atomic mass is 10.3. The molecule has 2 rings (SSSR count). The molecule has 0 aliphatic heterocycles. The van der Waals surface area contributed by atoms with Crippen LogP contribution in [0.2, 0.25) is 0 Å². The van der Waals surface area contributed by atoms with Gasteiger partial charge in [0.25, 0.3) is 0 Å². The molecule has 0 aromatic heterocycles. The van der Waals surface area contributed by atoms with Crippen LogP contribution < -0.4 is 11.5 Å². The topological polar surface area (TPSA) is 52.0 Å². The lowest BCUT2D eigenvalue weighted by molar-refractivity contribution is 0.628. The molecule has 0 aliphatic carbocycles. The van der Waals surface area contributed by atoms with Crippen molar-refractivity contribution in [3.05, 3.63) is 60.2 Å². The highest BCUT2D eigenvalue weighted by Crippen LogP contribution is 2.03. The van der Waals surface area contributed by atoms with Gasteiger partial charge in [-0.15, -0.1) is 0 Å². The molecule has 0 aliphatic rings. The summed E-state index contributed by atoms with van der Waals surface area (Å²) in [5, 5.41) is 0. The molecule has 0 heterocycles. The maximum absolute atomic E-state index is 12.1. The summed E-state index contributed by atoms with van der Waals surface area (Å²) in [5.74, 6) is -0.574. The van der Waals surface area contributed by atoms with Crippen molar-refractivity contribution in [2.24, 2.45) is 0 Å². The molecular weight excluding hydrogens is 210 g/mol. The molecule has 0 atom stereocenters. The van der Waals surface area contributed by atoms with Crippen molar-refractivity contribution in [3.63, 3.8) is 0 Å². The molecule has 2 aromatic rings. The molecule has 0 saturated heterocycles. The predicted octanol–water partition coefficient (Wildman–Crippen LogP) is 2.82. The molecule has 0 radical (unpaired) electrons. The van der Waals surface area contributed by atoms with Gasteiger partial charge in [0.15, 0.2) is 0 Å². The summed E-state index contributed by atoms with van der Waals surface area (Å²) in [7, 11) is 0. The van der Waals surface area contributed by atoms with Crippen LogP contribution in [-0.4, -0.2) is 0 Å². The number of benzene rings is 2.